The number of hydrogen-bond acceptors (Lipinski definition) is 4. The Balaban J connectivity index is 1.84. The van der Waals surface area contributed by atoms with Crippen molar-refractivity contribution in [3.05, 3.63) is 41.2 Å². The molecule has 2 aromatic rings. The van der Waals surface area contributed by atoms with Crippen molar-refractivity contribution in [2.45, 2.75) is 39.0 Å². The minimum absolute atomic E-state index is 0.0181. The van der Waals surface area contributed by atoms with Gasteiger partial charge in [-0.05, 0) is 32.6 Å². The number of likely N-dealkylation sites (N-methyl/N-ethyl adjacent to an activating group) is 1. The van der Waals surface area contributed by atoms with Gasteiger partial charge in [-0.15, -0.1) is 0 Å². The third-order valence-corrected chi connectivity index (χ3v) is 5.14. The number of aromatic nitrogens is 1. The topological polar surface area (TPSA) is 49.6 Å². The maximum Gasteiger partial charge on any atom is 0.416 e. The minimum Gasteiger partial charge on any atom is -0.360 e. The van der Waals surface area contributed by atoms with Crippen molar-refractivity contribution < 1.29 is 22.5 Å². The second kappa shape index (κ2) is 7.34. The Morgan fingerprint density at radius 2 is 2.00 bits per heavy atom. The predicted octanol–water partition coefficient (Wildman–Crippen LogP) is 3.59. The summed E-state index contributed by atoms with van der Waals surface area (Å²) in [4.78, 5) is 16.5. The molecule has 0 saturated heterocycles. The van der Waals surface area contributed by atoms with E-state index in [2.05, 4.69) is 5.16 Å². The number of rotatable bonds is 4. The van der Waals surface area contributed by atoms with Gasteiger partial charge in [0, 0.05) is 24.1 Å². The fraction of sp³-hybridized carbons (Fsp3) is 0.474. The van der Waals surface area contributed by atoms with Gasteiger partial charge in [-0.25, -0.2) is 0 Å². The maximum atomic E-state index is 12.8. The first-order valence-corrected chi connectivity index (χ1v) is 8.86. The number of nitrogens with zero attached hydrogens (tertiary/aromatic N) is 3. The molecular weight excluding hydrogens is 359 g/mol. The van der Waals surface area contributed by atoms with Crippen molar-refractivity contribution in [2.75, 3.05) is 20.1 Å². The van der Waals surface area contributed by atoms with E-state index in [0.29, 0.717) is 36.5 Å². The molecule has 0 aliphatic carbocycles. The van der Waals surface area contributed by atoms with Gasteiger partial charge in [0.15, 0.2) is 0 Å². The fourth-order valence-corrected chi connectivity index (χ4v) is 3.17. The van der Waals surface area contributed by atoms with Crippen LogP contribution in [0.3, 0.4) is 0 Å². The lowest BCUT2D eigenvalue weighted by Crippen LogP contribution is -2.47. The SMILES string of the molecule is CCN(C)C(C)C(=O)N1CCc2onc(-c3ccc(C(F)(F)F)cc3)c2C1. The monoisotopic (exact) mass is 381 g/mol. The molecule has 1 amide bonds. The highest BCUT2D eigenvalue weighted by Gasteiger charge is 2.32. The van der Waals surface area contributed by atoms with Crippen molar-refractivity contribution in [1.29, 1.82) is 0 Å². The van der Waals surface area contributed by atoms with Gasteiger partial charge in [0.2, 0.25) is 5.91 Å². The number of alkyl halides is 3. The van der Waals surface area contributed by atoms with Crippen LogP contribution in [-0.2, 0) is 23.9 Å². The van der Waals surface area contributed by atoms with Crippen molar-refractivity contribution in [3.63, 3.8) is 0 Å². The predicted molar refractivity (Wildman–Crippen MR) is 93.8 cm³/mol. The van der Waals surface area contributed by atoms with E-state index in [4.69, 9.17) is 4.52 Å². The van der Waals surface area contributed by atoms with Crippen LogP contribution < -0.4 is 0 Å². The van der Waals surface area contributed by atoms with Gasteiger partial charge in [0.05, 0.1) is 18.2 Å². The van der Waals surface area contributed by atoms with Crippen LogP contribution in [0.5, 0.6) is 0 Å². The first-order chi connectivity index (χ1) is 12.7. The molecule has 1 aromatic carbocycles. The smallest absolute Gasteiger partial charge is 0.360 e. The van der Waals surface area contributed by atoms with Crippen LogP contribution in [0, 0.1) is 0 Å². The van der Waals surface area contributed by atoms with E-state index in [1.165, 1.54) is 12.1 Å². The zero-order valence-corrected chi connectivity index (χ0v) is 15.5. The Morgan fingerprint density at radius 1 is 1.33 bits per heavy atom. The first kappa shape index (κ1) is 19.4. The second-order valence-corrected chi connectivity index (χ2v) is 6.77. The number of fused-ring (bicyclic) bond motifs is 1. The van der Waals surface area contributed by atoms with E-state index >= 15 is 0 Å². The highest BCUT2D eigenvalue weighted by Crippen LogP contribution is 2.33. The van der Waals surface area contributed by atoms with E-state index < -0.39 is 11.7 Å². The van der Waals surface area contributed by atoms with Gasteiger partial charge in [0.25, 0.3) is 0 Å². The summed E-state index contributed by atoms with van der Waals surface area (Å²) in [5.74, 6) is 0.704. The minimum atomic E-state index is -4.38. The van der Waals surface area contributed by atoms with Crippen LogP contribution in [0.2, 0.25) is 0 Å². The molecular formula is C19H22F3N3O2. The van der Waals surface area contributed by atoms with E-state index in [1.807, 2.05) is 25.8 Å². The quantitative estimate of drug-likeness (QED) is 0.812. The molecule has 0 spiro atoms. The third kappa shape index (κ3) is 3.85. The van der Waals surface area contributed by atoms with Crippen molar-refractivity contribution in [3.8, 4) is 11.3 Å². The lowest BCUT2D eigenvalue weighted by atomic mass is 10.00. The lowest BCUT2D eigenvalue weighted by molar-refractivity contribution is -0.138. The summed E-state index contributed by atoms with van der Waals surface area (Å²) in [5.41, 5.74) is 1.09. The van der Waals surface area contributed by atoms with Crippen molar-refractivity contribution in [1.82, 2.24) is 15.0 Å². The fourth-order valence-electron chi connectivity index (χ4n) is 3.17. The molecule has 5 nitrogen and oxygen atoms in total. The summed E-state index contributed by atoms with van der Waals surface area (Å²) in [7, 11) is 1.89. The van der Waals surface area contributed by atoms with Crippen molar-refractivity contribution >= 4 is 5.91 Å². The molecule has 1 aliphatic heterocycles. The average Bonchev–Trinajstić information content (AvgIpc) is 3.08. The van der Waals surface area contributed by atoms with Gasteiger partial charge in [-0.2, -0.15) is 13.2 Å². The Morgan fingerprint density at radius 3 is 2.59 bits per heavy atom. The molecule has 0 N–H and O–H groups in total. The number of carbonyl (C=O) groups is 1. The summed E-state index contributed by atoms with van der Waals surface area (Å²) >= 11 is 0. The molecule has 0 bridgehead atoms. The zero-order chi connectivity index (χ0) is 19.8. The second-order valence-electron chi connectivity index (χ2n) is 6.77. The maximum absolute atomic E-state index is 12.8. The van der Waals surface area contributed by atoms with Gasteiger partial charge in [-0.1, -0.05) is 24.2 Å². The summed E-state index contributed by atoms with van der Waals surface area (Å²) in [6.45, 7) is 5.49. The molecule has 8 heteroatoms. The Bertz CT molecular complexity index is 815. The molecule has 2 heterocycles. The van der Waals surface area contributed by atoms with Crippen LogP contribution in [0.4, 0.5) is 13.2 Å². The standard InChI is InChI=1S/C19H22F3N3O2/c1-4-24(3)12(2)18(26)25-10-9-16-15(11-25)17(23-27-16)13-5-7-14(8-6-13)19(20,21)22/h5-8,12H,4,9-11H2,1-3H3. The third-order valence-electron chi connectivity index (χ3n) is 5.14. The molecule has 1 aliphatic rings. The Kier molecular flexibility index (Phi) is 5.28. The Labute approximate surface area is 155 Å². The number of benzene rings is 1. The van der Waals surface area contributed by atoms with Crippen LogP contribution in [0.1, 0.15) is 30.7 Å². The van der Waals surface area contributed by atoms with Crippen LogP contribution in [0.15, 0.2) is 28.8 Å². The molecule has 0 fully saturated rings. The lowest BCUT2D eigenvalue weighted by Gasteiger charge is -2.32. The van der Waals surface area contributed by atoms with E-state index in [1.54, 1.807) is 4.90 Å². The summed E-state index contributed by atoms with van der Waals surface area (Å²) < 4.78 is 43.7. The molecule has 1 atom stereocenters. The Hall–Kier alpha value is -2.35. The zero-order valence-electron chi connectivity index (χ0n) is 15.5. The van der Waals surface area contributed by atoms with Crippen LogP contribution in [-0.4, -0.2) is 47.0 Å². The average molecular weight is 381 g/mol. The van der Waals surface area contributed by atoms with E-state index in [0.717, 1.165) is 24.2 Å². The van der Waals surface area contributed by atoms with Crippen LogP contribution >= 0.6 is 0 Å². The first-order valence-electron chi connectivity index (χ1n) is 8.86. The molecule has 3 rings (SSSR count). The van der Waals surface area contributed by atoms with Gasteiger partial charge >= 0.3 is 6.18 Å². The van der Waals surface area contributed by atoms with Gasteiger partial charge < -0.3 is 9.42 Å². The van der Waals surface area contributed by atoms with E-state index in [-0.39, 0.29) is 11.9 Å². The number of hydrogen-bond donors (Lipinski definition) is 0. The largest absolute Gasteiger partial charge is 0.416 e. The number of halogens is 3. The molecule has 0 saturated carbocycles. The highest BCUT2D eigenvalue weighted by molar-refractivity contribution is 5.82. The molecule has 27 heavy (non-hydrogen) atoms. The van der Waals surface area contributed by atoms with E-state index in [9.17, 15) is 18.0 Å². The molecule has 1 aromatic heterocycles. The normalized spacial score (nSPS) is 15.7. The van der Waals surface area contributed by atoms with Crippen molar-refractivity contribution in [2.24, 2.45) is 0 Å². The number of carbonyl (C=O) groups excluding carboxylic acids is 1. The van der Waals surface area contributed by atoms with Gasteiger partial charge in [-0.3, -0.25) is 9.69 Å². The summed E-state index contributed by atoms with van der Waals surface area (Å²) in [6, 6.07) is 4.58. The number of amides is 1. The summed E-state index contributed by atoms with van der Waals surface area (Å²) in [5, 5.41) is 4.05. The van der Waals surface area contributed by atoms with Gasteiger partial charge in [0.1, 0.15) is 11.5 Å². The van der Waals surface area contributed by atoms with Crippen LogP contribution in [0.25, 0.3) is 11.3 Å². The highest BCUT2D eigenvalue weighted by atomic mass is 19.4. The molecule has 0 radical (unpaired) electrons. The molecule has 146 valence electrons. The molecule has 1 unspecified atom stereocenters. The summed E-state index contributed by atoms with van der Waals surface area (Å²) in [6.07, 6.45) is -3.84.